The van der Waals surface area contributed by atoms with Gasteiger partial charge in [0.05, 0.1) is 0 Å². The van der Waals surface area contributed by atoms with Crippen molar-refractivity contribution in [2.75, 3.05) is 19.8 Å². The summed E-state index contributed by atoms with van der Waals surface area (Å²) < 4.78 is 5.49. The summed E-state index contributed by atoms with van der Waals surface area (Å²) in [5, 5.41) is 3.77. The standard InChI is InChI=1S/C14H27NO/c1-2-15-14(12-6-4-3-5-7-12)13-8-10-16-11-9-13/h12-15H,2-11H2,1H3. The van der Waals surface area contributed by atoms with Gasteiger partial charge in [0.15, 0.2) is 0 Å². The Morgan fingerprint density at radius 1 is 1.00 bits per heavy atom. The van der Waals surface area contributed by atoms with E-state index in [0.29, 0.717) is 0 Å². The number of ether oxygens (including phenoxy) is 1. The van der Waals surface area contributed by atoms with Crippen molar-refractivity contribution in [2.24, 2.45) is 11.8 Å². The molecule has 2 heteroatoms. The first-order chi connectivity index (χ1) is 7.92. The molecule has 1 saturated heterocycles. The van der Waals surface area contributed by atoms with Crippen molar-refractivity contribution in [3.05, 3.63) is 0 Å². The molecule has 2 fully saturated rings. The van der Waals surface area contributed by atoms with Crippen molar-refractivity contribution in [3.8, 4) is 0 Å². The molecule has 2 aliphatic rings. The third-order valence-corrected chi connectivity index (χ3v) is 4.37. The normalized spacial score (nSPS) is 26.8. The highest BCUT2D eigenvalue weighted by Gasteiger charge is 2.30. The van der Waals surface area contributed by atoms with Gasteiger partial charge in [0.1, 0.15) is 0 Å². The van der Waals surface area contributed by atoms with Gasteiger partial charge in [-0.15, -0.1) is 0 Å². The monoisotopic (exact) mass is 225 g/mol. The molecule has 1 atom stereocenters. The zero-order valence-electron chi connectivity index (χ0n) is 10.7. The maximum absolute atomic E-state index is 5.49. The van der Waals surface area contributed by atoms with E-state index in [2.05, 4.69) is 12.2 Å². The molecule has 0 amide bonds. The summed E-state index contributed by atoms with van der Waals surface area (Å²) in [6.45, 7) is 5.34. The van der Waals surface area contributed by atoms with Gasteiger partial charge in [-0.1, -0.05) is 26.2 Å². The Bertz CT molecular complexity index is 165. The van der Waals surface area contributed by atoms with Crippen LogP contribution in [-0.4, -0.2) is 25.8 Å². The lowest BCUT2D eigenvalue weighted by Crippen LogP contribution is -2.44. The van der Waals surface area contributed by atoms with Crippen molar-refractivity contribution in [2.45, 2.75) is 57.9 Å². The molecule has 1 unspecified atom stereocenters. The average molecular weight is 225 g/mol. The highest BCUT2D eigenvalue weighted by molar-refractivity contribution is 4.85. The Labute approximate surface area is 100 Å². The van der Waals surface area contributed by atoms with Crippen LogP contribution in [0.4, 0.5) is 0 Å². The van der Waals surface area contributed by atoms with E-state index in [4.69, 9.17) is 4.74 Å². The van der Waals surface area contributed by atoms with E-state index in [-0.39, 0.29) is 0 Å². The highest BCUT2D eigenvalue weighted by Crippen LogP contribution is 2.32. The van der Waals surface area contributed by atoms with Gasteiger partial charge in [-0.2, -0.15) is 0 Å². The molecule has 1 N–H and O–H groups in total. The Morgan fingerprint density at radius 3 is 2.25 bits per heavy atom. The van der Waals surface area contributed by atoms with Gasteiger partial charge in [0.25, 0.3) is 0 Å². The van der Waals surface area contributed by atoms with Gasteiger partial charge >= 0.3 is 0 Å². The predicted octanol–water partition coefficient (Wildman–Crippen LogP) is 2.97. The zero-order chi connectivity index (χ0) is 11.2. The van der Waals surface area contributed by atoms with Gasteiger partial charge in [-0.25, -0.2) is 0 Å². The van der Waals surface area contributed by atoms with Crippen LogP contribution in [0.5, 0.6) is 0 Å². The molecular formula is C14H27NO. The molecule has 0 bridgehead atoms. The second kappa shape index (κ2) is 6.61. The molecule has 0 radical (unpaired) electrons. The van der Waals surface area contributed by atoms with E-state index in [9.17, 15) is 0 Å². The summed E-state index contributed by atoms with van der Waals surface area (Å²) in [6.07, 6.45) is 9.82. The zero-order valence-corrected chi connectivity index (χ0v) is 10.7. The van der Waals surface area contributed by atoms with Crippen molar-refractivity contribution in [3.63, 3.8) is 0 Å². The first-order valence-electron chi connectivity index (χ1n) is 7.23. The fourth-order valence-electron chi connectivity index (χ4n) is 3.52. The van der Waals surface area contributed by atoms with Crippen LogP contribution in [0.15, 0.2) is 0 Å². The van der Waals surface area contributed by atoms with Crippen molar-refractivity contribution in [1.82, 2.24) is 5.32 Å². The maximum atomic E-state index is 5.49. The lowest BCUT2D eigenvalue weighted by atomic mass is 9.76. The molecule has 1 aliphatic heterocycles. The Morgan fingerprint density at radius 2 is 1.62 bits per heavy atom. The first-order valence-corrected chi connectivity index (χ1v) is 7.23. The molecule has 2 rings (SSSR count). The van der Waals surface area contributed by atoms with E-state index in [1.807, 2.05) is 0 Å². The van der Waals surface area contributed by atoms with Gasteiger partial charge < -0.3 is 10.1 Å². The second-order valence-corrected chi connectivity index (χ2v) is 5.43. The summed E-state index contributed by atoms with van der Waals surface area (Å²) in [7, 11) is 0. The lowest BCUT2D eigenvalue weighted by Gasteiger charge is -2.38. The molecule has 0 aromatic carbocycles. The molecule has 0 aromatic rings. The van der Waals surface area contributed by atoms with E-state index in [0.717, 1.165) is 37.6 Å². The third-order valence-electron chi connectivity index (χ3n) is 4.37. The van der Waals surface area contributed by atoms with Crippen LogP contribution in [0.3, 0.4) is 0 Å². The van der Waals surface area contributed by atoms with E-state index >= 15 is 0 Å². The number of nitrogens with one attached hydrogen (secondary N) is 1. The van der Waals surface area contributed by atoms with Crippen molar-refractivity contribution >= 4 is 0 Å². The SMILES string of the molecule is CCNC(C1CCCCC1)C1CCOCC1. The summed E-state index contributed by atoms with van der Waals surface area (Å²) in [6, 6.07) is 0.772. The smallest absolute Gasteiger partial charge is 0.0469 e. The molecule has 2 nitrogen and oxygen atoms in total. The largest absolute Gasteiger partial charge is 0.381 e. The first kappa shape index (κ1) is 12.4. The molecular weight excluding hydrogens is 198 g/mol. The molecule has 16 heavy (non-hydrogen) atoms. The van der Waals surface area contributed by atoms with Gasteiger partial charge in [0, 0.05) is 19.3 Å². The maximum Gasteiger partial charge on any atom is 0.0469 e. The fourth-order valence-corrected chi connectivity index (χ4v) is 3.52. The Kier molecular flexibility index (Phi) is 5.11. The topological polar surface area (TPSA) is 21.3 Å². The van der Waals surface area contributed by atoms with Crippen LogP contribution >= 0.6 is 0 Å². The fraction of sp³-hybridized carbons (Fsp3) is 1.00. The lowest BCUT2D eigenvalue weighted by molar-refractivity contribution is 0.0408. The van der Waals surface area contributed by atoms with Crippen LogP contribution in [0.25, 0.3) is 0 Å². The highest BCUT2D eigenvalue weighted by atomic mass is 16.5. The van der Waals surface area contributed by atoms with Gasteiger partial charge in [-0.3, -0.25) is 0 Å². The van der Waals surface area contributed by atoms with Crippen LogP contribution in [-0.2, 0) is 4.74 Å². The number of rotatable bonds is 4. The Hall–Kier alpha value is -0.0800. The van der Waals surface area contributed by atoms with Gasteiger partial charge in [-0.05, 0) is 44.1 Å². The molecule has 0 aromatic heterocycles. The molecule has 1 aliphatic carbocycles. The predicted molar refractivity (Wildman–Crippen MR) is 67.6 cm³/mol. The number of hydrogen-bond acceptors (Lipinski definition) is 2. The average Bonchev–Trinajstić information content (AvgIpc) is 2.38. The molecule has 1 saturated carbocycles. The third kappa shape index (κ3) is 3.21. The Balaban J connectivity index is 1.91. The van der Waals surface area contributed by atoms with Gasteiger partial charge in [0.2, 0.25) is 0 Å². The van der Waals surface area contributed by atoms with Crippen LogP contribution in [0.1, 0.15) is 51.9 Å². The minimum Gasteiger partial charge on any atom is -0.381 e. The molecule has 0 spiro atoms. The summed E-state index contributed by atoms with van der Waals surface area (Å²) in [4.78, 5) is 0. The number of hydrogen-bond donors (Lipinski definition) is 1. The van der Waals surface area contributed by atoms with E-state index in [1.54, 1.807) is 0 Å². The second-order valence-electron chi connectivity index (χ2n) is 5.43. The van der Waals surface area contributed by atoms with Crippen LogP contribution in [0.2, 0.25) is 0 Å². The van der Waals surface area contributed by atoms with E-state index in [1.165, 1.54) is 44.9 Å². The summed E-state index contributed by atoms with van der Waals surface area (Å²) in [5.41, 5.74) is 0. The summed E-state index contributed by atoms with van der Waals surface area (Å²) >= 11 is 0. The van der Waals surface area contributed by atoms with Crippen LogP contribution in [0, 0.1) is 11.8 Å². The minimum absolute atomic E-state index is 0.772. The molecule has 1 heterocycles. The molecule has 94 valence electrons. The van der Waals surface area contributed by atoms with Crippen LogP contribution < -0.4 is 5.32 Å². The summed E-state index contributed by atoms with van der Waals surface area (Å²) in [5.74, 6) is 1.81. The quantitative estimate of drug-likeness (QED) is 0.794. The van der Waals surface area contributed by atoms with Crippen molar-refractivity contribution in [1.29, 1.82) is 0 Å². The van der Waals surface area contributed by atoms with E-state index < -0.39 is 0 Å². The van der Waals surface area contributed by atoms with Crippen molar-refractivity contribution < 1.29 is 4.74 Å². The minimum atomic E-state index is 0.772.